The van der Waals surface area contributed by atoms with Gasteiger partial charge in [0.25, 0.3) is 0 Å². The van der Waals surface area contributed by atoms with Crippen LogP contribution in [0.3, 0.4) is 0 Å². The number of thioether (sulfide) groups is 1. The summed E-state index contributed by atoms with van der Waals surface area (Å²) in [6.07, 6.45) is 0.680. The molecule has 0 bridgehead atoms. The van der Waals surface area contributed by atoms with Crippen molar-refractivity contribution in [2.24, 2.45) is 4.99 Å². The van der Waals surface area contributed by atoms with Crippen molar-refractivity contribution in [2.75, 3.05) is 25.9 Å². The third kappa shape index (κ3) is 6.23. The Morgan fingerprint density at radius 1 is 1.21 bits per heavy atom. The summed E-state index contributed by atoms with van der Waals surface area (Å²) in [4.78, 5) is 9.85. The van der Waals surface area contributed by atoms with Crippen molar-refractivity contribution in [2.45, 2.75) is 31.1 Å². The standard InChI is InChI=1S/C17H25N5OS/c1-13(2)16-21-15(23-22-16)9-10-19-17(18-3)20-11-12-24-14-7-5-4-6-8-14/h4-8,13H,9-12H2,1-3H3,(H2,18,19,20). The Kier molecular flexibility index (Phi) is 7.61. The fourth-order valence-corrected chi connectivity index (χ4v) is 2.76. The van der Waals surface area contributed by atoms with Gasteiger partial charge in [0.2, 0.25) is 5.89 Å². The first kappa shape index (κ1) is 18.3. The van der Waals surface area contributed by atoms with Crippen molar-refractivity contribution >= 4 is 17.7 Å². The molecule has 2 rings (SSSR count). The maximum atomic E-state index is 5.22. The molecule has 1 heterocycles. The van der Waals surface area contributed by atoms with E-state index in [4.69, 9.17) is 4.52 Å². The highest BCUT2D eigenvalue weighted by molar-refractivity contribution is 7.99. The van der Waals surface area contributed by atoms with Gasteiger partial charge in [-0.05, 0) is 12.1 Å². The molecule has 1 aromatic carbocycles. The molecule has 0 radical (unpaired) electrons. The number of hydrogen-bond acceptors (Lipinski definition) is 5. The van der Waals surface area contributed by atoms with Gasteiger partial charge >= 0.3 is 0 Å². The highest BCUT2D eigenvalue weighted by Gasteiger charge is 2.09. The van der Waals surface area contributed by atoms with Crippen LogP contribution < -0.4 is 10.6 Å². The van der Waals surface area contributed by atoms with Crippen LogP contribution in [0.4, 0.5) is 0 Å². The molecule has 24 heavy (non-hydrogen) atoms. The largest absolute Gasteiger partial charge is 0.356 e. The van der Waals surface area contributed by atoms with E-state index >= 15 is 0 Å². The van der Waals surface area contributed by atoms with Gasteiger partial charge in [0.1, 0.15) is 0 Å². The average Bonchev–Trinajstić information content (AvgIpc) is 3.07. The second-order valence-electron chi connectivity index (χ2n) is 5.54. The molecule has 0 saturated heterocycles. The monoisotopic (exact) mass is 347 g/mol. The van der Waals surface area contributed by atoms with Gasteiger partial charge in [-0.2, -0.15) is 4.98 Å². The Hall–Kier alpha value is -2.02. The average molecular weight is 347 g/mol. The molecule has 0 aliphatic rings. The van der Waals surface area contributed by atoms with Gasteiger partial charge in [-0.25, -0.2) is 0 Å². The molecule has 2 N–H and O–H groups in total. The van der Waals surface area contributed by atoms with E-state index in [1.807, 2.05) is 31.7 Å². The van der Waals surface area contributed by atoms with Crippen molar-refractivity contribution in [3.8, 4) is 0 Å². The van der Waals surface area contributed by atoms with Crippen molar-refractivity contribution in [1.82, 2.24) is 20.8 Å². The predicted octanol–water partition coefficient (Wildman–Crippen LogP) is 2.69. The van der Waals surface area contributed by atoms with Crippen LogP contribution in [0, 0.1) is 0 Å². The van der Waals surface area contributed by atoms with Gasteiger partial charge in [0.05, 0.1) is 0 Å². The van der Waals surface area contributed by atoms with Gasteiger partial charge in [0, 0.05) is 43.1 Å². The van der Waals surface area contributed by atoms with E-state index in [-0.39, 0.29) is 5.92 Å². The number of hydrogen-bond donors (Lipinski definition) is 2. The van der Waals surface area contributed by atoms with Crippen LogP contribution in [-0.4, -0.2) is 42.0 Å². The summed E-state index contributed by atoms with van der Waals surface area (Å²) in [5.74, 6) is 3.46. The highest BCUT2D eigenvalue weighted by Crippen LogP contribution is 2.15. The van der Waals surface area contributed by atoms with Crippen LogP contribution in [0.1, 0.15) is 31.5 Å². The number of aromatic nitrogens is 2. The van der Waals surface area contributed by atoms with Crippen molar-refractivity contribution in [3.05, 3.63) is 42.0 Å². The lowest BCUT2D eigenvalue weighted by atomic mass is 10.2. The number of aliphatic imine (C=N–C) groups is 1. The molecular weight excluding hydrogens is 322 g/mol. The van der Waals surface area contributed by atoms with Crippen LogP contribution in [0.25, 0.3) is 0 Å². The topological polar surface area (TPSA) is 75.3 Å². The van der Waals surface area contributed by atoms with Gasteiger partial charge in [-0.1, -0.05) is 37.2 Å². The number of nitrogens with one attached hydrogen (secondary N) is 2. The predicted molar refractivity (Wildman–Crippen MR) is 98.6 cm³/mol. The van der Waals surface area contributed by atoms with Crippen LogP contribution in [0.5, 0.6) is 0 Å². The molecule has 2 aromatic rings. The quantitative estimate of drug-likeness (QED) is 0.331. The lowest BCUT2D eigenvalue weighted by Gasteiger charge is -2.10. The van der Waals surface area contributed by atoms with Crippen LogP contribution in [0.2, 0.25) is 0 Å². The number of guanidine groups is 1. The lowest BCUT2D eigenvalue weighted by Crippen LogP contribution is -2.39. The molecule has 0 atom stereocenters. The highest BCUT2D eigenvalue weighted by atomic mass is 32.2. The van der Waals surface area contributed by atoms with E-state index in [9.17, 15) is 0 Å². The number of benzene rings is 1. The van der Waals surface area contributed by atoms with E-state index in [0.29, 0.717) is 18.9 Å². The number of nitrogens with zero attached hydrogens (tertiary/aromatic N) is 3. The maximum Gasteiger partial charge on any atom is 0.228 e. The molecule has 0 fully saturated rings. The molecule has 7 heteroatoms. The van der Waals surface area contributed by atoms with Crippen molar-refractivity contribution in [1.29, 1.82) is 0 Å². The Bertz CT molecular complexity index is 627. The smallest absolute Gasteiger partial charge is 0.228 e. The maximum absolute atomic E-state index is 5.22. The summed E-state index contributed by atoms with van der Waals surface area (Å²) in [5, 5.41) is 10.5. The zero-order valence-corrected chi connectivity index (χ0v) is 15.3. The first-order chi connectivity index (χ1) is 11.7. The first-order valence-corrected chi connectivity index (χ1v) is 9.12. The zero-order chi connectivity index (χ0) is 17.2. The Balaban J connectivity index is 1.63. The van der Waals surface area contributed by atoms with E-state index in [2.05, 4.69) is 50.0 Å². The molecule has 0 spiro atoms. The minimum absolute atomic E-state index is 0.284. The van der Waals surface area contributed by atoms with E-state index < -0.39 is 0 Å². The normalized spacial score (nSPS) is 11.8. The minimum Gasteiger partial charge on any atom is -0.356 e. The SMILES string of the molecule is CN=C(NCCSc1ccccc1)NCCc1nc(C(C)C)no1. The summed E-state index contributed by atoms with van der Waals surface area (Å²) < 4.78 is 5.22. The summed E-state index contributed by atoms with van der Waals surface area (Å²) >= 11 is 1.82. The third-order valence-electron chi connectivity index (χ3n) is 3.26. The molecule has 1 aromatic heterocycles. The Morgan fingerprint density at radius 3 is 2.62 bits per heavy atom. The van der Waals surface area contributed by atoms with Crippen LogP contribution in [0.15, 0.2) is 44.7 Å². The van der Waals surface area contributed by atoms with E-state index in [1.54, 1.807) is 7.05 Å². The van der Waals surface area contributed by atoms with E-state index in [1.165, 1.54) is 4.90 Å². The summed E-state index contributed by atoms with van der Waals surface area (Å²) in [6, 6.07) is 10.4. The van der Waals surface area contributed by atoms with Crippen LogP contribution in [-0.2, 0) is 6.42 Å². The van der Waals surface area contributed by atoms with Crippen molar-refractivity contribution in [3.63, 3.8) is 0 Å². The van der Waals surface area contributed by atoms with Gasteiger partial charge in [-0.3, -0.25) is 4.99 Å². The third-order valence-corrected chi connectivity index (χ3v) is 4.28. The molecule has 130 valence electrons. The Labute approximate surface area is 147 Å². The molecule has 0 unspecified atom stereocenters. The molecule has 0 aliphatic carbocycles. The Morgan fingerprint density at radius 2 is 1.96 bits per heavy atom. The molecule has 0 aliphatic heterocycles. The van der Waals surface area contributed by atoms with Gasteiger partial charge in [0.15, 0.2) is 11.8 Å². The minimum atomic E-state index is 0.284. The second kappa shape index (κ2) is 9.97. The molecular formula is C17H25N5OS. The van der Waals surface area contributed by atoms with Crippen LogP contribution >= 0.6 is 11.8 Å². The van der Waals surface area contributed by atoms with Crippen molar-refractivity contribution < 1.29 is 4.52 Å². The van der Waals surface area contributed by atoms with E-state index in [0.717, 1.165) is 24.1 Å². The first-order valence-electron chi connectivity index (χ1n) is 8.14. The fourth-order valence-electron chi connectivity index (χ4n) is 1.97. The summed E-state index contributed by atoms with van der Waals surface area (Å²) in [5.41, 5.74) is 0. The van der Waals surface area contributed by atoms with Gasteiger partial charge in [-0.15, -0.1) is 11.8 Å². The molecule has 0 saturated carbocycles. The van der Waals surface area contributed by atoms with Gasteiger partial charge < -0.3 is 15.2 Å². The molecule has 6 nitrogen and oxygen atoms in total. The summed E-state index contributed by atoms with van der Waals surface area (Å²) in [7, 11) is 1.77. The molecule has 0 amide bonds. The fraction of sp³-hybridized carbons (Fsp3) is 0.471. The second-order valence-corrected chi connectivity index (χ2v) is 6.71. The number of rotatable bonds is 8. The zero-order valence-electron chi connectivity index (χ0n) is 14.5. The summed E-state index contributed by atoms with van der Waals surface area (Å²) in [6.45, 7) is 5.64. The lowest BCUT2D eigenvalue weighted by molar-refractivity contribution is 0.371.